The van der Waals surface area contributed by atoms with Crippen LogP contribution in [0.2, 0.25) is 0 Å². The maximum absolute atomic E-state index is 11.7. The molecule has 2 aromatic heterocycles. The Hall–Kier alpha value is -1.86. The third-order valence-corrected chi connectivity index (χ3v) is 3.38. The summed E-state index contributed by atoms with van der Waals surface area (Å²) in [6, 6.07) is 0. The van der Waals surface area contributed by atoms with Crippen LogP contribution in [-0.2, 0) is 13.8 Å². The van der Waals surface area contributed by atoms with E-state index in [9.17, 15) is 19.6 Å². The Morgan fingerprint density at radius 3 is 2.67 bits per heavy atom. The van der Waals surface area contributed by atoms with E-state index in [0.29, 0.717) is 0 Å². The Morgan fingerprint density at radius 1 is 1.38 bits per heavy atom. The number of rotatable bonds is 8. The predicted molar refractivity (Wildman–Crippen MR) is 78.6 cm³/mol. The number of H-pyrrole nitrogens is 1. The SMILES string of the molecule is Nc1nc2c(ncn2C(CO)O[C@@H](CO)COP(=O)(O)O)c(=O)[nH]1. The zero-order chi connectivity index (χ0) is 17.9. The molecule has 0 aliphatic heterocycles. The van der Waals surface area contributed by atoms with Crippen LogP contribution in [0.15, 0.2) is 11.1 Å². The first-order valence-corrected chi connectivity index (χ1v) is 8.07. The fourth-order valence-corrected chi connectivity index (χ4v) is 2.25. The highest BCUT2D eigenvalue weighted by Crippen LogP contribution is 2.36. The Bertz CT molecular complexity index is 800. The summed E-state index contributed by atoms with van der Waals surface area (Å²) in [5.41, 5.74) is 4.86. The number of hydrogen-bond acceptors (Lipinski definition) is 9. The van der Waals surface area contributed by atoms with Gasteiger partial charge in [-0.25, -0.2) is 9.55 Å². The second kappa shape index (κ2) is 7.36. The van der Waals surface area contributed by atoms with Gasteiger partial charge in [-0.2, -0.15) is 4.98 Å². The van der Waals surface area contributed by atoms with Gasteiger partial charge in [0.15, 0.2) is 17.4 Å². The number of imidazole rings is 1. The van der Waals surface area contributed by atoms with Crippen molar-refractivity contribution in [3.8, 4) is 0 Å². The Kier molecular flexibility index (Phi) is 5.66. The number of aliphatic hydroxyl groups excluding tert-OH is 2. The number of phosphoric acid groups is 1. The summed E-state index contributed by atoms with van der Waals surface area (Å²) in [5.74, 6) is -0.172. The van der Waals surface area contributed by atoms with E-state index in [1.165, 1.54) is 10.9 Å². The van der Waals surface area contributed by atoms with Gasteiger partial charge in [-0.3, -0.25) is 18.9 Å². The molecule has 0 saturated heterocycles. The molecule has 0 aromatic carbocycles. The third kappa shape index (κ3) is 4.36. The van der Waals surface area contributed by atoms with Crippen molar-refractivity contribution in [2.75, 3.05) is 25.6 Å². The van der Waals surface area contributed by atoms with E-state index in [1.807, 2.05) is 0 Å². The summed E-state index contributed by atoms with van der Waals surface area (Å²) >= 11 is 0. The number of aliphatic hydroxyl groups is 2. The normalized spacial score (nSPS) is 14.8. The molecule has 2 rings (SSSR count). The van der Waals surface area contributed by atoms with Gasteiger partial charge < -0.3 is 30.5 Å². The van der Waals surface area contributed by atoms with Crippen molar-refractivity contribution >= 4 is 24.9 Å². The van der Waals surface area contributed by atoms with E-state index >= 15 is 0 Å². The van der Waals surface area contributed by atoms with Crippen LogP contribution >= 0.6 is 7.82 Å². The summed E-state index contributed by atoms with van der Waals surface area (Å²) in [4.78, 5) is 39.0. The second-order valence-corrected chi connectivity index (χ2v) is 5.88. The van der Waals surface area contributed by atoms with E-state index < -0.39 is 45.5 Å². The molecule has 2 atom stereocenters. The lowest BCUT2D eigenvalue weighted by Gasteiger charge is -2.23. The largest absolute Gasteiger partial charge is 0.469 e. The van der Waals surface area contributed by atoms with Crippen molar-refractivity contribution in [3.63, 3.8) is 0 Å². The number of nitrogens with one attached hydrogen (secondary N) is 1. The molecule has 24 heavy (non-hydrogen) atoms. The lowest BCUT2D eigenvalue weighted by atomic mass is 10.4. The van der Waals surface area contributed by atoms with Crippen LogP contribution in [0.4, 0.5) is 5.95 Å². The quantitative estimate of drug-likeness (QED) is 0.274. The fourth-order valence-electron chi connectivity index (χ4n) is 1.89. The van der Waals surface area contributed by atoms with E-state index in [-0.39, 0.29) is 17.1 Å². The molecule has 134 valence electrons. The number of ether oxygens (including phenoxy) is 1. The monoisotopic (exact) mass is 365 g/mol. The summed E-state index contributed by atoms with van der Waals surface area (Å²) in [6.45, 7) is -1.87. The molecule has 0 aliphatic rings. The topological polar surface area (TPSA) is 206 Å². The van der Waals surface area contributed by atoms with Crippen LogP contribution in [0.3, 0.4) is 0 Å². The third-order valence-electron chi connectivity index (χ3n) is 2.90. The molecular formula is C10H16N5O8P. The standard InChI is InChI=1S/C10H16N5O8P/c11-10-13-8-7(9(18)14-10)12-4-15(8)6(2-17)23-5(1-16)3-22-24(19,20)21/h4-6,16-17H,1-3H2,(H2,19,20,21)(H3,11,13,14,18)/t5-,6?/m0/s1. The van der Waals surface area contributed by atoms with Gasteiger partial charge in [-0.1, -0.05) is 0 Å². The van der Waals surface area contributed by atoms with Crippen LogP contribution in [0.1, 0.15) is 6.23 Å². The van der Waals surface area contributed by atoms with Gasteiger partial charge in [0.2, 0.25) is 5.95 Å². The highest BCUT2D eigenvalue weighted by Gasteiger charge is 2.24. The smallest absolute Gasteiger partial charge is 0.394 e. The maximum Gasteiger partial charge on any atom is 0.469 e. The van der Waals surface area contributed by atoms with E-state index in [2.05, 4.69) is 19.5 Å². The number of hydrogen-bond donors (Lipinski definition) is 6. The lowest BCUT2D eigenvalue weighted by molar-refractivity contribution is -0.109. The second-order valence-electron chi connectivity index (χ2n) is 4.64. The van der Waals surface area contributed by atoms with Crippen molar-refractivity contribution < 1.29 is 33.8 Å². The summed E-state index contributed by atoms with van der Waals surface area (Å²) in [7, 11) is -4.74. The maximum atomic E-state index is 11.7. The average Bonchev–Trinajstić information content (AvgIpc) is 2.90. The van der Waals surface area contributed by atoms with Crippen molar-refractivity contribution in [3.05, 3.63) is 16.7 Å². The molecule has 14 heteroatoms. The highest BCUT2D eigenvalue weighted by atomic mass is 31.2. The van der Waals surface area contributed by atoms with Crippen LogP contribution < -0.4 is 11.3 Å². The number of aromatic nitrogens is 4. The van der Waals surface area contributed by atoms with Gasteiger partial charge in [0.1, 0.15) is 6.10 Å². The van der Waals surface area contributed by atoms with Crippen molar-refractivity contribution in [2.45, 2.75) is 12.3 Å². The Morgan fingerprint density at radius 2 is 2.08 bits per heavy atom. The zero-order valence-electron chi connectivity index (χ0n) is 12.1. The predicted octanol–water partition coefficient (Wildman–Crippen LogP) is -2.32. The molecule has 0 amide bonds. The van der Waals surface area contributed by atoms with E-state index in [4.69, 9.17) is 20.3 Å². The molecule has 2 heterocycles. The van der Waals surface area contributed by atoms with Crippen molar-refractivity contribution in [1.29, 1.82) is 0 Å². The molecule has 0 aliphatic carbocycles. The molecular weight excluding hydrogens is 349 g/mol. The molecule has 0 radical (unpaired) electrons. The van der Waals surface area contributed by atoms with Gasteiger partial charge in [0.25, 0.3) is 5.56 Å². The molecule has 2 aromatic rings. The van der Waals surface area contributed by atoms with Crippen LogP contribution in [0, 0.1) is 0 Å². The van der Waals surface area contributed by atoms with Crippen LogP contribution in [-0.4, -0.2) is 65.4 Å². The van der Waals surface area contributed by atoms with Gasteiger partial charge in [-0.05, 0) is 0 Å². The number of aromatic amines is 1. The Labute approximate surface area is 133 Å². The molecule has 1 unspecified atom stereocenters. The molecule has 0 fully saturated rings. The summed E-state index contributed by atoms with van der Waals surface area (Å²) in [5, 5.41) is 18.7. The first-order valence-electron chi connectivity index (χ1n) is 6.54. The molecule has 0 saturated carbocycles. The first kappa shape index (κ1) is 18.5. The van der Waals surface area contributed by atoms with Gasteiger partial charge in [-0.15, -0.1) is 0 Å². The molecule has 7 N–H and O–H groups in total. The molecule has 0 bridgehead atoms. The van der Waals surface area contributed by atoms with Crippen molar-refractivity contribution in [2.24, 2.45) is 0 Å². The fraction of sp³-hybridized carbons (Fsp3) is 0.500. The van der Waals surface area contributed by atoms with Crippen molar-refractivity contribution in [1.82, 2.24) is 19.5 Å². The number of nitrogens with two attached hydrogens (primary N) is 1. The molecule has 0 spiro atoms. The highest BCUT2D eigenvalue weighted by molar-refractivity contribution is 7.46. The van der Waals surface area contributed by atoms with E-state index in [0.717, 1.165) is 0 Å². The summed E-state index contributed by atoms with van der Waals surface area (Å²) in [6.07, 6.45) is -1.14. The van der Waals surface area contributed by atoms with Crippen LogP contribution in [0.5, 0.6) is 0 Å². The zero-order valence-corrected chi connectivity index (χ0v) is 13.0. The minimum atomic E-state index is -4.74. The minimum absolute atomic E-state index is 0.0305. The van der Waals surface area contributed by atoms with Crippen LogP contribution in [0.25, 0.3) is 11.2 Å². The number of nitrogens with zero attached hydrogens (tertiary/aromatic N) is 3. The number of phosphoric ester groups is 1. The lowest BCUT2D eigenvalue weighted by Crippen LogP contribution is -2.29. The number of fused-ring (bicyclic) bond motifs is 1. The first-order chi connectivity index (χ1) is 11.2. The van der Waals surface area contributed by atoms with Gasteiger partial charge in [0, 0.05) is 0 Å². The Balaban J connectivity index is 2.25. The summed E-state index contributed by atoms with van der Waals surface area (Å²) < 4.78 is 21.5. The van der Waals surface area contributed by atoms with Gasteiger partial charge >= 0.3 is 7.82 Å². The number of anilines is 1. The van der Waals surface area contributed by atoms with E-state index in [1.54, 1.807) is 0 Å². The molecule has 13 nitrogen and oxygen atoms in total. The average molecular weight is 365 g/mol. The van der Waals surface area contributed by atoms with Gasteiger partial charge in [0.05, 0.1) is 26.1 Å². The minimum Gasteiger partial charge on any atom is -0.394 e. The number of nitrogen functional groups attached to an aromatic ring is 1.